The molecule has 8 heteroatoms. The van der Waals surface area contributed by atoms with Gasteiger partial charge in [-0.15, -0.1) is 5.67 Å². The van der Waals surface area contributed by atoms with Crippen LogP contribution in [-0.2, 0) is 0 Å². The van der Waals surface area contributed by atoms with Crippen LogP contribution in [0.15, 0.2) is 0 Å². The Balaban J connectivity index is 0.000000882. The minimum Gasteiger partial charge on any atom is -0.554 e. The second-order valence-electron chi connectivity index (χ2n) is 7.57. The first kappa shape index (κ1) is 17.7. The van der Waals surface area contributed by atoms with Crippen molar-refractivity contribution in [3.63, 3.8) is 0 Å². The molecule has 4 fully saturated rings. The Hall–Kier alpha value is -3.32. The van der Waals surface area contributed by atoms with E-state index in [2.05, 4.69) is 0 Å². The van der Waals surface area contributed by atoms with Crippen LogP contribution >= 0.6 is 0 Å². The zero-order chi connectivity index (χ0) is 14.5. The molecule has 4 aliphatic carbocycles. The van der Waals surface area contributed by atoms with Gasteiger partial charge in [0, 0.05) is 0 Å². The Bertz CT molecular complexity index is 462. The minimum atomic E-state index is -4.96. The van der Waals surface area contributed by atoms with E-state index in [-0.39, 0.29) is 12.3 Å². The second-order valence-corrected chi connectivity index (χ2v) is 7.57. The van der Waals surface area contributed by atoms with Gasteiger partial charge in [-0.2, -0.15) is 12.3 Å². The molecule has 1 N–H and O–H groups in total. The zero-order valence-electron chi connectivity index (χ0n) is 13.4. The first-order chi connectivity index (χ1) is 9.17. The molecule has 4 rings (SSSR count). The molecule has 0 aromatic heterocycles. The van der Waals surface area contributed by atoms with Gasteiger partial charge in [-0.3, -0.25) is 0 Å². The Labute approximate surface area is 115 Å². The van der Waals surface area contributed by atoms with Crippen molar-refractivity contribution in [1.29, 1.82) is 0 Å². The largest absolute Gasteiger partial charge is 0.554 e. The smallest absolute Gasteiger partial charge is 0.294 e. The number of hydrogen-bond donors (Lipinski definition) is 1. The number of aliphatic hydroxyl groups is 1. The molecule has 0 amide bonds. The summed E-state index contributed by atoms with van der Waals surface area (Å²) in [6.45, 7) is 1.92. The molecule has 0 aliphatic heterocycles. The third kappa shape index (κ3) is 1.62. The summed E-state index contributed by atoms with van der Waals surface area (Å²) in [5.74, 6) is 1.58. The topological polar surface area (TPSA) is 20.2 Å². The summed E-state index contributed by atoms with van der Waals surface area (Å²) in [4.78, 5) is 0. The van der Waals surface area contributed by atoms with Crippen molar-refractivity contribution in [2.24, 2.45) is 29.1 Å². The van der Waals surface area contributed by atoms with Crippen LogP contribution < -0.4 is 0 Å². The van der Waals surface area contributed by atoms with Crippen LogP contribution in [-0.4, -0.2) is 17.0 Å². The Morgan fingerprint density at radius 3 is 2.26 bits per heavy atom. The van der Waals surface area contributed by atoms with Crippen molar-refractivity contribution in [2.45, 2.75) is 50.9 Å². The molecule has 6 atom stereocenters. The van der Waals surface area contributed by atoms with Crippen molar-refractivity contribution in [1.82, 2.24) is 0 Å². The maximum atomic E-state index is 15.1. The van der Waals surface area contributed by atoms with Crippen molar-refractivity contribution in [2.75, 3.05) is 0 Å². The van der Waals surface area contributed by atoms with Gasteiger partial charge in [0.2, 0.25) is 0 Å². The number of halogens is 4. The van der Waals surface area contributed by atoms with E-state index >= 15 is 4.39 Å². The fourth-order valence-electron chi connectivity index (χ4n) is 6.18. The summed E-state index contributed by atoms with van der Waals surface area (Å²) in [6.07, 6.45) is -3.45. The standard InChI is InChI=1S/C15H18F4O.3Rf/c1-13-5-9(10-7-2-3-8(4-7)11(10)13)14(16,6-13)12(20)15(17,18)19;;;/h7-8,10-11,20H,2-6H2,1H3;;;/q-2;;;. The van der Waals surface area contributed by atoms with Gasteiger partial charge in [0.25, 0.3) is 6.18 Å². The van der Waals surface area contributed by atoms with Crippen LogP contribution in [0.3, 0.4) is 0 Å². The van der Waals surface area contributed by atoms with Gasteiger partial charge in [0.1, 0.15) is 0 Å². The summed E-state index contributed by atoms with van der Waals surface area (Å²) in [5.41, 5.74) is -3.02. The molecule has 4 aliphatic rings. The van der Waals surface area contributed by atoms with Crippen LogP contribution in [0.2, 0.25) is 0 Å². The molecule has 120 valence electrons. The van der Waals surface area contributed by atoms with E-state index in [1.165, 1.54) is 0 Å². The van der Waals surface area contributed by atoms with Crippen LogP contribution in [0.1, 0.15) is 39.0 Å². The average Bonchev–Trinajstić information content (AvgIpc) is 3.02. The fourth-order valence-corrected chi connectivity index (χ4v) is 6.18. The number of rotatable bonds is 1. The van der Waals surface area contributed by atoms with Crippen LogP contribution in [0.5, 0.6) is 0 Å². The molecule has 0 aromatic carbocycles. The van der Waals surface area contributed by atoms with Gasteiger partial charge in [0.15, 0.2) is 0 Å². The molecule has 6 unspecified atom stereocenters. The van der Waals surface area contributed by atoms with Gasteiger partial charge in [-0.1, -0.05) is 49.5 Å². The molecule has 23 heavy (non-hydrogen) atoms. The van der Waals surface area contributed by atoms with E-state index in [9.17, 15) is 18.3 Å². The van der Waals surface area contributed by atoms with E-state index in [4.69, 9.17) is 0 Å². The summed E-state index contributed by atoms with van der Waals surface area (Å²) >= 11 is 0. The average molecular weight is 1090 g/mol. The Morgan fingerprint density at radius 1 is 1.13 bits per heavy atom. The number of alkyl halides is 4. The number of hydrogen-bond acceptors (Lipinski definition) is 1. The third-order valence-electron chi connectivity index (χ3n) is 6.52. The van der Waals surface area contributed by atoms with Crippen molar-refractivity contribution >= 4 is 0 Å². The maximum absolute atomic E-state index is 15.1. The molecule has 0 heterocycles. The third-order valence-corrected chi connectivity index (χ3v) is 6.52. The monoisotopic (exact) mass is 1090 g/mol. The summed E-state index contributed by atoms with van der Waals surface area (Å²) < 4.78 is 53.4. The van der Waals surface area contributed by atoms with E-state index < -0.39 is 23.4 Å². The Morgan fingerprint density at radius 2 is 1.70 bits per heavy atom. The van der Waals surface area contributed by atoms with E-state index in [1.807, 2.05) is 6.92 Å². The predicted octanol–water partition coefficient (Wildman–Crippen LogP) is 4.21. The first-order valence-electron chi connectivity index (χ1n) is 7.35. The van der Waals surface area contributed by atoms with E-state index in [0.29, 0.717) is 30.1 Å². The van der Waals surface area contributed by atoms with Crippen LogP contribution in [0.4, 0.5) is 17.6 Å². The molecule has 0 saturated heterocycles. The first-order valence-corrected chi connectivity index (χ1v) is 7.35. The van der Waals surface area contributed by atoms with Gasteiger partial charge in [-0.05, 0) is 12.3 Å². The SMILES string of the molecule is CC12C[C-](C3C4CCC(C4)C31)C(F)([C-](O)C(F)(F)F)C2.[Rf].[Rf].[Rf]. The van der Waals surface area contributed by atoms with E-state index in [1.54, 1.807) is 0 Å². The molecular weight excluding hydrogens is 1070 g/mol. The maximum Gasteiger partial charge on any atom is 0.294 e. The zero-order valence-corrected chi connectivity index (χ0v) is 32.6. The molecular formula is C15H18F4ORf3-2. The van der Waals surface area contributed by atoms with Crippen molar-refractivity contribution < 1.29 is 22.7 Å². The van der Waals surface area contributed by atoms with Gasteiger partial charge in [0.05, 0.1) is 0 Å². The van der Waals surface area contributed by atoms with Gasteiger partial charge in [-0.25, -0.2) is 13.2 Å². The number of aliphatic hydroxyl groups excluding tert-OH is 1. The van der Waals surface area contributed by atoms with E-state index in [0.717, 1.165) is 19.3 Å². The fraction of sp³-hybridized carbons (Fsp3) is 0.867. The molecule has 0 aromatic rings. The summed E-state index contributed by atoms with van der Waals surface area (Å²) in [5, 5.41) is 9.47. The molecule has 4 bridgehead atoms. The summed E-state index contributed by atoms with van der Waals surface area (Å²) in [6, 6.07) is 0. The van der Waals surface area contributed by atoms with Crippen molar-refractivity contribution in [3.05, 3.63) is 12.0 Å². The van der Waals surface area contributed by atoms with Crippen LogP contribution in [0.25, 0.3) is 0 Å². The van der Waals surface area contributed by atoms with Gasteiger partial charge >= 0.3 is 0 Å². The summed E-state index contributed by atoms with van der Waals surface area (Å²) in [7, 11) is 0. The minimum absolute atomic E-state index is 0. The normalized spacial score (nSPS) is 47.1. The molecule has 0 radical (unpaired) electrons. The Kier molecular flexibility index (Phi) is 3.17. The quantitative estimate of drug-likeness (QED) is 0.238. The van der Waals surface area contributed by atoms with Crippen LogP contribution in [0, 0.1) is 41.1 Å². The molecule has 0 spiro atoms. The van der Waals surface area contributed by atoms with Crippen molar-refractivity contribution in [3.8, 4) is 0 Å². The predicted molar refractivity (Wildman–Crippen MR) is 63.5 cm³/mol. The second kappa shape index (κ2) is 4.11. The molecule has 4 saturated carbocycles. The molecule has 1 nitrogen and oxygen atoms in total. The number of fused-ring (bicyclic) bond motifs is 9. The van der Waals surface area contributed by atoms with Gasteiger partial charge < -0.3 is 15.4 Å².